The van der Waals surface area contributed by atoms with Crippen LogP contribution in [0.4, 0.5) is 5.69 Å². The first-order valence-electron chi connectivity index (χ1n) is 7.35. The van der Waals surface area contributed by atoms with Gasteiger partial charge in [-0.3, -0.25) is 9.48 Å². The Labute approximate surface area is 129 Å². The van der Waals surface area contributed by atoms with E-state index in [1.165, 1.54) is 0 Å². The number of aromatic nitrogens is 2. The van der Waals surface area contributed by atoms with Crippen LogP contribution < -0.4 is 14.8 Å². The van der Waals surface area contributed by atoms with Gasteiger partial charge < -0.3 is 14.8 Å². The second-order valence-electron chi connectivity index (χ2n) is 5.17. The zero-order valence-electron chi connectivity index (χ0n) is 13.0. The van der Waals surface area contributed by atoms with Crippen molar-refractivity contribution < 1.29 is 14.3 Å². The molecular formula is C16H19N3O3. The smallest absolute Gasteiger partial charge is 0.259 e. The van der Waals surface area contributed by atoms with E-state index in [0.717, 1.165) is 17.9 Å². The van der Waals surface area contributed by atoms with Crippen molar-refractivity contribution in [1.29, 1.82) is 0 Å². The van der Waals surface area contributed by atoms with Crippen molar-refractivity contribution in [2.45, 2.75) is 27.3 Å². The topological polar surface area (TPSA) is 65.4 Å². The third kappa shape index (κ3) is 2.52. The van der Waals surface area contributed by atoms with E-state index >= 15 is 0 Å². The fourth-order valence-corrected chi connectivity index (χ4v) is 2.65. The Morgan fingerprint density at radius 1 is 1.27 bits per heavy atom. The standard InChI is InChI=1S/C16H19N3O3/c1-4-19-11(3)15(10(2)18-19)16(20)17-12-5-6-13-14(9-12)22-8-7-21-13/h5-6,9H,4,7-8H2,1-3H3,(H,17,20). The lowest BCUT2D eigenvalue weighted by Gasteiger charge is -2.19. The number of hydrogen-bond donors (Lipinski definition) is 1. The zero-order valence-corrected chi connectivity index (χ0v) is 13.0. The van der Waals surface area contributed by atoms with Crippen LogP contribution in [0.2, 0.25) is 0 Å². The molecule has 1 aromatic carbocycles. The van der Waals surface area contributed by atoms with E-state index in [1.807, 2.05) is 25.5 Å². The highest BCUT2D eigenvalue weighted by Crippen LogP contribution is 2.32. The van der Waals surface area contributed by atoms with Crippen molar-refractivity contribution in [1.82, 2.24) is 9.78 Å². The highest BCUT2D eigenvalue weighted by Gasteiger charge is 2.19. The Bertz CT molecular complexity index is 722. The quantitative estimate of drug-likeness (QED) is 0.946. The largest absolute Gasteiger partial charge is 0.486 e. The van der Waals surface area contributed by atoms with Gasteiger partial charge in [0.2, 0.25) is 0 Å². The first kappa shape index (κ1) is 14.4. The van der Waals surface area contributed by atoms with Crippen LogP contribution in [0.25, 0.3) is 0 Å². The van der Waals surface area contributed by atoms with Crippen LogP contribution in [-0.2, 0) is 6.54 Å². The molecule has 116 valence electrons. The molecule has 1 aliphatic rings. The number of ether oxygens (including phenoxy) is 2. The van der Waals surface area contributed by atoms with Gasteiger partial charge in [-0.25, -0.2) is 0 Å². The Balaban J connectivity index is 1.84. The fraction of sp³-hybridized carbons (Fsp3) is 0.375. The highest BCUT2D eigenvalue weighted by atomic mass is 16.6. The molecule has 3 rings (SSSR count). The molecule has 0 aliphatic carbocycles. The molecule has 0 spiro atoms. The molecule has 0 fully saturated rings. The normalized spacial score (nSPS) is 13.0. The van der Waals surface area contributed by atoms with Crippen molar-refractivity contribution in [2.24, 2.45) is 0 Å². The van der Waals surface area contributed by atoms with Crippen molar-refractivity contribution in [3.63, 3.8) is 0 Å². The molecule has 6 heteroatoms. The van der Waals surface area contributed by atoms with Crippen LogP contribution in [0.5, 0.6) is 11.5 Å². The predicted molar refractivity (Wildman–Crippen MR) is 82.8 cm³/mol. The Kier molecular flexibility index (Phi) is 3.75. The first-order chi connectivity index (χ1) is 10.6. The summed E-state index contributed by atoms with van der Waals surface area (Å²) in [5, 5.41) is 7.27. The Morgan fingerprint density at radius 2 is 2.00 bits per heavy atom. The number of amides is 1. The molecule has 0 saturated heterocycles. The lowest BCUT2D eigenvalue weighted by atomic mass is 10.1. The van der Waals surface area contributed by atoms with Crippen LogP contribution in [0, 0.1) is 13.8 Å². The minimum atomic E-state index is -0.161. The van der Waals surface area contributed by atoms with Crippen molar-refractivity contribution in [3.8, 4) is 11.5 Å². The van der Waals surface area contributed by atoms with Gasteiger partial charge in [-0.15, -0.1) is 0 Å². The molecule has 0 bridgehead atoms. The van der Waals surface area contributed by atoms with Gasteiger partial charge >= 0.3 is 0 Å². The summed E-state index contributed by atoms with van der Waals surface area (Å²) < 4.78 is 12.8. The van der Waals surface area contributed by atoms with E-state index in [4.69, 9.17) is 9.47 Å². The molecule has 22 heavy (non-hydrogen) atoms. The molecule has 1 aromatic heterocycles. The van der Waals surface area contributed by atoms with E-state index in [1.54, 1.807) is 18.2 Å². The third-order valence-electron chi connectivity index (χ3n) is 3.71. The first-order valence-corrected chi connectivity index (χ1v) is 7.35. The van der Waals surface area contributed by atoms with E-state index in [-0.39, 0.29) is 5.91 Å². The molecule has 0 saturated carbocycles. The lowest BCUT2D eigenvalue weighted by Crippen LogP contribution is -2.17. The molecule has 1 N–H and O–H groups in total. The minimum absolute atomic E-state index is 0.161. The van der Waals surface area contributed by atoms with Crippen LogP contribution in [-0.4, -0.2) is 28.9 Å². The molecule has 2 heterocycles. The third-order valence-corrected chi connectivity index (χ3v) is 3.71. The number of fused-ring (bicyclic) bond motifs is 1. The maximum Gasteiger partial charge on any atom is 0.259 e. The molecule has 1 amide bonds. The lowest BCUT2D eigenvalue weighted by molar-refractivity contribution is 0.102. The number of nitrogens with one attached hydrogen (secondary N) is 1. The van der Waals surface area contributed by atoms with Gasteiger partial charge in [0.15, 0.2) is 11.5 Å². The summed E-state index contributed by atoms with van der Waals surface area (Å²) in [6.45, 7) is 7.56. The molecular weight excluding hydrogens is 282 g/mol. The van der Waals surface area contributed by atoms with E-state index in [0.29, 0.717) is 36.0 Å². The van der Waals surface area contributed by atoms with Crippen LogP contribution in [0.15, 0.2) is 18.2 Å². The molecule has 0 unspecified atom stereocenters. The molecule has 6 nitrogen and oxygen atoms in total. The van der Waals surface area contributed by atoms with Crippen molar-refractivity contribution in [3.05, 3.63) is 35.2 Å². The van der Waals surface area contributed by atoms with Crippen LogP contribution in [0.1, 0.15) is 28.7 Å². The van der Waals surface area contributed by atoms with Crippen LogP contribution >= 0.6 is 0 Å². The molecule has 1 aliphatic heterocycles. The summed E-state index contributed by atoms with van der Waals surface area (Å²) in [6, 6.07) is 5.39. The molecule has 2 aromatic rings. The molecule has 0 atom stereocenters. The number of anilines is 1. The van der Waals surface area contributed by atoms with Gasteiger partial charge in [-0.05, 0) is 32.9 Å². The number of carbonyl (C=O) groups is 1. The summed E-state index contributed by atoms with van der Waals surface area (Å²) in [4.78, 5) is 12.5. The summed E-state index contributed by atoms with van der Waals surface area (Å²) in [7, 11) is 0. The average Bonchev–Trinajstić information content (AvgIpc) is 2.81. The minimum Gasteiger partial charge on any atom is -0.486 e. The number of hydrogen-bond acceptors (Lipinski definition) is 4. The van der Waals surface area contributed by atoms with Gasteiger partial charge in [0, 0.05) is 24.0 Å². The maximum atomic E-state index is 12.5. The highest BCUT2D eigenvalue weighted by molar-refractivity contribution is 6.06. The molecule has 0 radical (unpaired) electrons. The van der Waals surface area contributed by atoms with E-state index in [2.05, 4.69) is 10.4 Å². The maximum absolute atomic E-state index is 12.5. The van der Waals surface area contributed by atoms with Gasteiger partial charge in [0.1, 0.15) is 13.2 Å². The number of aryl methyl sites for hydroxylation is 2. The predicted octanol–water partition coefficient (Wildman–Crippen LogP) is 2.54. The summed E-state index contributed by atoms with van der Waals surface area (Å²) in [6.07, 6.45) is 0. The summed E-state index contributed by atoms with van der Waals surface area (Å²) in [5.41, 5.74) is 2.90. The fourth-order valence-electron chi connectivity index (χ4n) is 2.65. The Morgan fingerprint density at radius 3 is 2.68 bits per heavy atom. The van der Waals surface area contributed by atoms with Gasteiger partial charge in [-0.2, -0.15) is 5.10 Å². The van der Waals surface area contributed by atoms with Gasteiger partial charge in [0.25, 0.3) is 5.91 Å². The van der Waals surface area contributed by atoms with Crippen LogP contribution in [0.3, 0.4) is 0 Å². The zero-order chi connectivity index (χ0) is 15.7. The number of benzene rings is 1. The average molecular weight is 301 g/mol. The van der Waals surface area contributed by atoms with Gasteiger partial charge in [0.05, 0.1) is 11.3 Å². The number of nitrogens with zero attached hydrogens (tertiary/aromatic N) is 2. The second kappa shape index (κ2) is 5.71. The number of rotatable bonds is 3. The SMILES string of the molecule is CCn1nc(C)c(C(=O)Nc2ccc3c(c2)OCCO3)c1C. The summed E-state index contributed by atoms with van der Waals surface area (Å²) >= 11 is 0. The monoisotopic (exact) mass is 301 g/mol. The second-order valence-corrected chi connectivity index (χ2v) is 5.17. The van der Waals surface area contributed by atoms with Crippen molar-refractivity contribution in [2.75, 3.05) is 18.5 Å². The van der Waals surface area contributed by atoms with Gasteiger partial charge in [-0.1, -0.05) is 0 Å². The Hall–Kier alpha value is -2.50. The van der Waals surface area contributed by atoms with E-state index < -0.39 is 0 Å². The van der Waals surface area contributed by atoms with E-state index in [9.17, 15) is 4.79 Å². The van der Waals surface area contributed by atoms with Crippen molar-refractivity contribution >= 4 is 11.6 Å². The number of carbonyl (C=O) groups excluding carboxylic acids is 1. The summed E-state index contributed by atoms with van der Waals surface area (Å²) in [5.74, 6) is 1.20.